The summed E-state index contributed by atoms with van der Waals surface area (Å²) in [6.45, 7) is 0.295. The zero-order valence-corrected chi connectivity index (χ0v) is 14.9. The summed E-state index contributed by atoms with van der Waals surface area (Å²) in [5, 5.41) is 5.55. The van der Waals surface area contributed by atoms with Gasteiger partial charge in [-0.1, -0.05) is 24.3 Å². The van der Waals surface area contributed by atoms with Crippen molar-refractivity contribution in [2.45, 2.75) is 6.54 Å². The third-order valence-electron chi connectivity index (χ3n) is 3.85. The van der Waals surface area contributed by atoms with Gasteiger partial charge in [-0.2, -0.15) is 0 Å². The minimum Gasteiger partial charge on any atom is -0.348 e. The van der Waals surface area contributed by atoms with Gasteiger partial charge in [-0.25, -0.2) is 4.39 Å². The lowest BCUT2D eigenvalue weighted by Gasteiger charge is -2.08. The van der Waals surface area contributed by atoms with Gasteiger partial charge in [0.15, 0.2) is 0 Å². The molecule has 0 spiro atoms. The average molecular weight is 375 g/mol. The van der Waals surface area contributed by atoms with Crippen LogP contribution in [0.15, 0.2) is 79.1 Å². The fourth-order valence-electron chi connectivity index (χ4n) is 2.49. The number of nitrogens with zero attached hydrogens (tertiary/aromatic N) is 1. The zero-order chi connectivity index (χ0) is 19.8. The Bertz CT molecular complexity index is 1000. The number of aromatic nitrogens is 1. The van der Waals surface area contributed by atoms with Crippen LogP contribution in [0.25, 0.3) is 6.08 Å². The predicted molar refractivity (Wildman–Crippen MR) is 106 cm³/mol. The standard InChI is InChI=1S/C22H18FN3O2/c23-19-7-1-4-16(12-19)9-10-21(27)25-14-17-5-2-8-20(13-17)26-22(28)18-6-3-11-24-15-18/h1-13,15H,14H2,(H,25,27)(H,26,28)/b10-9+. The fraction of sp³-hybridized carbons (Fsp3) is 0.0455. The van der Waals surface area contributed by atoms with Gasteiger partial charge in [-0.05, 0) is 53.6 Å². The summed E-state index contributed by atoms with van der Waals surface area (Å²) in [6, 6.07) is 16.5. The van der Waals surface area contributed by atoms with E-state index in [4.69, 9.17) is 0 Å². The number of hydrogen-bond donors (Lipinski definition) is 2. The SMILES string of the molecule is O=C(/C=C/c1cccc(F)c1)NCc1cccc(NC(=O)c2cccnc2)c1. The number of carbonyl (C=O) groups excluding carboxylic acids is 2. The number of anilines is 1. The molecular weight excluding hydrogens is 357 g/mol. The normalized spacial score (nSPS) is 10.6. The molecule has 0 bridgehead atoms. The van der Waals surface area contributed by atoms with E-state index in [1.165, 1.54) is 24.4 Å². The molecule has 0 saturated carbocycles. The molecule has 0 saturated heterocycles. The van der Waals surface area contributed by atoms with Crippen molar-refractivity contribution in [1.82, 2.24) is 10.3 Å². The van der Waals surface area contributed by atoms with Gasteiger partial charge in [0.05, 0.1) is 5.56 Å². The van der Waals surface area contributed by atoms with Crippen LogP contribution in [0.1, 0.15) is 21.5 Å². The highest BCUT2D eigenvalue weighted by Gasteiger charge is 2.06. The summed E-state index contributed by atoms with van der Waals surface area (Å²) < 4.78 is 13.1. The number of carbonyl (C=O) groups is 2. The van der Waals surface area contributed by atoms with Gasteiger partial charge < -0.3 is 10.6 Å². The van der Waals surface area contributed by atoms with Gasteiger partial charge >= 0.3 is 0 Å². The molecular formula is C22H18FN3O2. The lowest BCUT2D eigenvalue weighted by molar-refractivity contribution is -0.116. The number of benzene rings is 2. The number of rotatable bonds is 6. The monoisotopic (exact) mass is 375 g/mol. The number of amides is 2. The maximum Gasteiger partial charge on any atom is 0.257 e. The molecule has 1 heterocycles. The smallest absolute Gasteiger partial charge is 0.257 e. The molecule has 3 rings (SSSR count). The minimum atomic E-state index is -0.354. The van der Waals surface area contributed by atoms with Crippen molar-refractivity contribution in [2.24, 2.45) is 0 Å². The first kappa shape index (κ1) is 19.0. The highest BCUT2D eigenvalue weighted by molar-refractivity contribution is 6.04. The van der Waals surface area contributed by atoms with Crippen molar-refractivity contribution in [3.05, 3.63) is 102 Å². The molecule has 0 aliphatic rings. The van der Waals surface area contributed by atoms with E-state index < -0.39 is 0 Å². The second-order valence-electron chi connectivity index (χ2n) is 6.00. The van der Waals surface area contributed by atoms with Crippen molar-refractivity contribution in [3.8, 4) is 0 Å². The van der Waals surface area contributed by atoms with E-state index in [0.717, 1.165) is 5.56 Å². The van der Waals surface area contributed by atoms with Crippen LogP contribution in [0.2, 0.25) is 0 Å². The molecule has 2 N–H and O–H groups in total. The fourth-order valence-corrected chi connectivity index (χ4v) is 2.49. The Hall–Kier alpha value is -3.80. The molecule has 0 aliphatic heterocycles. The van der Waals surface area contributed by atoms with E-state index in [1.54, 1.807) is 54.7 Å². The highest BCUT2D eigenvalue weighted by atomic mass is 19.1. The van der Waals surface area contributed by atoms with Gasteiger partial charge in [0.25, 0.3) is 5.91 Å². The maximum atomic E-state index is 13.1. The molecule has 28 heavy (non-hydrogen) atoms. The lowest BCUT2D eigenvalue weighted by Crippen LogP contribution is -2.20. The Balaban J connectivity index is 1.55. The van der Waals surface area contributed by atoms with Gasteiger partial charge in [-0.15, -0.1) is 0 Å². The van der Waals surface area contributed by atoms with E-state index in [2.05, 4.69) is 15.6 Å². The summed E-state index contributed by atoms with van der Waals surface area (Å²) in [5.41, 5.74) is 2.52. The molecule has 5 nitrogen and oxygen atoms in total. The van der Waals surface area contributed by atoms with Crippen molar-refractivity contribution in [3.63, 3.8) is 0 Å². The lowest BCUT2D eigenvalue weighted by atomic mass is 10.2. The molecule has 6 heteroatoms. The third-order valence-corrected chi connectivity index (χ3v) is 3.85. The predicted octanol–water partition coefficient (Wildman–Crippen LogP) is 3.80. The molecule has 0 unspecified atom stereocenters. The Labute approximate surface area is 161 Å². The second kappa shape index (κ2) is 9.23. The van der Waals surface area contributed by atoms with E-state index in [0.29, 0.717) is 23.4 Å². The molecule has 0 atom stereocenters. The highest BCUT2D eigenvalue weighted by Crippen LogP contribution is 2.12. The van der Waals surface area contributed by atoms with Gasteiger partial charge in [-0.3, -0.25) is 14.6 Å². The number of halogens is 1. The van der Waals surface area contributed by atoms with E-state index in [1.807, 2.05) is 6.07 Å². The summed E-state index contributed by atoms with van der Waals surface area (Å²) in [5.74, 6) is -0.908. The number of nitrogens with one attached hydrogen (secondary N) is 2. The van der Waals surface area contributed by atoms with Gasteiger partial charge in [0.2, 0.25) is 5.91 Å². The Morgan fingerprint density at radius 2 is 1.89 bits per heavy atom. The molecule has 0 fully saturated rings. The summed E-state index contributed by atoms with van der Waals surface area (Å²) in [6.07, 6.45) is 5.99. The summed E-state index contributed by atoms with van der Waals surface area (Å²) in [4.78, 5) is 28.1. The van der Waals surface area contributed by atoms with Crippen molar-refractivity contribution in [2.75, 3.05) is 5.32 Å². The first-order valence-corrected chi connectivity index (χ1v) is 8.62. The molecule has 0 aliphatic carbocycles. The van der Waals surface area contributed by atoms with Crippen LogP contribution < -0.4 is 10.6 Å². The number of pyridine rings is 1. The molecule has 3 aromatic rings. The second-order valence-corrected chi connectivity index (χ2v) is 6.00. The van der Waals surface area contributed by atoms with Crippen LogP contribution in [-0.4, -0.2) is 16.8 Å². The Morgan fingerprint density at radius 3 is 2.68 bits per heavy atom. The van der Waals surface area contributed by atoms with Crippen LogP contribution in [0.5, 0.6) is 0 Å². The largest absolute Gasteiger partial charge is 0.348 e. The van der Waals surface area contributed by atoms with Gasteiger partial charge in [0, 0.05) is 30.7 Å². The summed E-state index contributed by atoms with van der Waals surface area (Å²) >= 11 is 0. The quantitative estimate of drug-likeness (QED) is 0.644. The summed E-state index contributed by atoms with van der Waals surface area (Å²) in [7, 11) is 0. The van der Waals surface area contributed by atoms with Crippen molar-refractivity contribution < 1.29 is 14.0 Å². The molecule has 2 amide bonds. The average Bonchev–Trinajstić information content (AvgIpc) is 2.72. The van der Waals surface area contributed by atoms with E-state index in [9.17, 15) is 14.0 Å². The van der Waals surface area contributed by atoms with Crippen molar-refractivity contribution >= 4 is 23.6 Å². The van der Waals surface area contributed by atoms with Crippen LogP contribution in [0, 0.1) is 5.82 Å². The first-order chi connectivity index (χ1) is 13.6. The topological polar surface area (TPSA) is 71.1 Å². The van der Waals surface area contributed by atoms with E-state index in [-0.39, 0.29) is 17.6 Å². The van der Waals surface area contributed by atoms with Crippen LogP contribution in [-0.2, 0) is 11.3 Å². The molecule has 2 aromatic carbocycles. The van der Waals surface area contributed by atoms with Crippen molar-refractivity contribution in [1.29, 1.82) is 0 Å². The number of hydrogen-bond acceptors (Lipinski definition) is 3. The van der Waals surface area contributed by atoms with Crippen LogP contribution in [0.3, 0.4) is 0 Å². The van der Waals surface area contributed by atoms with Crippen LogP contribution in [0.4, 0.5) is 10.1 Å². The maximum absolute atomic E-state index is 13.1. The molecule has 140 valence electrons. The first-order valence-electron chi connectivity index (χ1n) is 8.62. The van der Waals surface area contributed by atoms with E-state index >= 15 is 0 Å². The minimum absolute atomic E-state index is 0.257. The third kappa shape index (κ3) is 5.60. The molecule has 1 aromatic heterocycles. The zero-order valence-electron chi connectivity index (χ0n) is 14.9. The Morgan fingerprint density at radius 1 is 1.04 bits per heavy atom. The van der Waals surface area contributed by atoms with Crippen LogP contribution >= 0.6 is 0 Å². The molecule has 0 radical (unpaired) electrons. The Kier molecular flexibility index (Phi) is 6.25. The van der Waals surface area contributed by atoms with Gasteiger partial charge in [0.1, 0.15) is 5.82 Å².